The SMILES string of the molecule is CN1CCN(c2ccc(N=Cc3c(O)[nH]c4cc(C(=O)c5cccc(NS(=O)(=O)c6ccc(Cl)cc6)c5)ccc34)cc2)CC1. The summed E-state index contributed by atoms with van der Waals surface area (Å²) in [6, 6.07) is 25.2. The Morgan fingerprint density at radius 3 is 2.36 bits per heavy atom. The highest BCUT2D eigenvalue weighted by Crippen LogP contribution is 2.29. The summed E-state index contributed by atoms with van der Waals surface area (Å²) in [5.74, 6) is -0.356. The van der Waals surface area contributed by atoms with Crippen molar-refractivity contribution >= 4 is 61.6 Å². The molecule has 4 aromatic carbocycles. The number of H-pyrrole nitrogens is 1. The van der Waals surface area contributed by atoms with Gasteiger partial charge in [0.2, 0.25) is 0 Å². The first kappa shape index (κ1) is 29.4. The second-order valence-electron chi connectivity index (χ2n) is 10.7. The Balaban J connectivity index is 1.18. The molecule has 1 fully saturated rings. The zero-order valence-electron chi connectivity index (χ0n) is 23.9. The number of ketones is 1. The molecule has 2 heterocycles. The van der Waals surface area contributed by atoms with Gasteiger partial charge in [-0.1, -0.05) is 35.9 Å². The molecule has 1 saturated heterocycles. The minimum atomic E-state index is -3.87. The lowest BCUT2D eigenvalue weighted by Gasteiger charge is -2.34. The maximum atomic E-state index is 13.4. The van der Waals surface area contributed by atoms with Crippen LogP contribution in [0.15, 0.2) is 101 Å². The van der Waals surface area contributed by atoms with E-state index < -0.39 is 10.0 Å². The lowest BCUT2D eigenvalue weighted by molar-refractivity contribution is 0.103. The highest BCUT2D eigenvalue weighted by molar-refractivity contribution is 7.92. The quantitative estimate of drug-likeness (QED) is 0.142. The van der Waals surface area contributed by atoms with Crippen molar-refractivity contribution in [1.29, 1.82) is 0 Å². The maximum Gasteiger partial charge on any atom is 0.261 e. The molecular weight excluding hydrogens is 598 g/mol. The van der Waals surface area contributed by atoms with E-state index in [2.05, 4.69) is 43.7 Å². The second kappa shape index (κ2) is 12.2. The summed E-state index contributed by atoms with van der Waals surface area (Å²) in [6.45, 7) is 4.04. The van der Waals surface area contributed by atoms with E-state index in [-0.39, 0.29) is 22.2 Å². The Bertz CT molecular complexity index is 1960. The van der Waals surface area contributed by atoms with Crippen LogP contribution in [0.3, 0.4) is 0 Å². The van der Waals surface area contributed by atoms with Crippen LogP contribution in [0, 0.1) is 0 Å². The second-order valence-corrected chi connectivity index (χ2v) is 12.8. The Kier molecular flexibility index (Phi) is 8.13. The van der Waals surface area contributed by atoms with Crippen LogP contribution in [0.5, 0.6) is 5.88 Å². The number of anilines is 2. The molecule has 11 heteroatoms. The summed E-state index contributed by atoms with van der Waals surface area (Å²) in [4.78, 5) is 25.6. The minimum Gasteiger partial charge on any atom is -0.494 e. The van der Waals surface area contributed by atoms with E-state index in [4.69, 9.17) is 11.6 Å². The number of aliphatic imine (C=N–C) groups is 1. The molecule has 9 nitrogen and oxygen atoms in total. The van der Waals surface area contributed by atoms with Crippen LogP contribution >= 0.6 is 11.6 Å². The van der Waals surface area contributed by atoms with Crippen LogP contribution in [0.1, 0.15) is 21.5 Å². The van der Waals surface area contributed by atoms with Crippen LogP contribution in [-0.2, 0) is 10.0 Å². The van der Waals surface area contributed by atoms with Crippen molar-refractivity contribution in [2.75, 3.05) is 42.8 Å². The number of aromatic nitrogens is 1. The van der Waals surface area contributed by atoms with Gasteiger partial charge in [0.15, 0.2) is 11.7 Å². The molecule has 6 rings (SSSR count). The summed E-state index contributed by atoms with van der Waals surface area (Å²) in [6.07, 6.45) is 1.61. The van der Waals surface area contributed by atoms with Gasteiger partial charge in [-0.25, -0.2) is 8.42 Å². The van der Waals surface area contributed by atoms with E-state index in [0.29, 0.717) is 32.6 Å². The molecule has 0 saturated carbocycles. The number of nitrogens with zero attached hydrogens (tertiary/aromatic N) is 3. The number of piperazine rings is 1. The number of fused-ring (bicyclic) bond motifs is 1. The first-order chi connectivity index (χ1) is 21.2. The molecule has 0 unspecified atom stereocenters. The summed E-state index contributed by atoms with van der Waals surface area (Å²) in [5.41, 5.74) is 3.93. The zero-order chi connectivity index (χ0) is 30.8. The van der Waals surface area contributed by atoms with Crippen LogP contribution < -0.4 is 9.62 Å². The van der Waals surface area contributed by atoms with Gasteiger partial charge in [0.05, 0.1) is 16.1 Å². The standard InChI is InChI=1S/C33H30ClN5O4S/c1-38-15-17-39(18-16-38)27-10-8-25(9-11-27)35-21-30-29-14-5-23(20-31(29)36-33(30)41)32(40)22-3-2-4-26(19-22)37-44(42,43)28-12-6-24(34)7-13-28/h2-14,19-21,36-37,41H,15-18H2,1H3. The predicted molar refractivity (Wildman–Crippen MR) is 176 cm³/mol. The van der Waals surface area contributed by atoms with E-state index in [9.17, 15) is 18.3 Å². The van der Waals surface area contributed by atoms with E-state index in [1.165, 1.54) is 30.3 Å². The van der Waals surface area contributed by atoms with E-state index >= 15 is 0 Å². The van der Waals surface area contributed by atoms with Crippen LogP contribution in [0.25, 0.3) is 10.9 Å². The van der Waals surface area contributed by atoms with Gasteiger partial charge in [0.25, 0.3) is 10.0 Å². The molecule has 0 aliphatic carbocycles. The third kappa shape index (κ3) is 6.33. The van der Waals surface area contributed by atoms with Crippen LogP contribution in [-0.4, -0.2) is 68.6 Å². The molecule has 224 valence electrons. The van der Waals surface area contributed by atoms with Gasteiger partial charge in [0.1, 0.15) is 0 Å². The van der Waals surface area contributed by atoms with Crippen LogP contribution in [0.4, 0.5) is 17.1 Å². The van der Waals surface area contributed by atoms with Gasteiger partial charge in [-0.05, 0) is 73.8 Å². The summed E-state index contributed by atoms with van der Waals surface area (Å²) in [5, 5.41) is 11.8. The summed E-state index contributed by atoms with van der Waals surface area (Å²) in [7, 11) is -1.74. The van der Waals surface area contributed by atoms with Crippen molar-refractivity contribution in [2.24, 2.45) is 4.99 Å². The van der Waals surface area contributed by atoms with Gasteiger partial charge >= 0.3 is 0 Å². The van der Waals surface area contributed by atoms with Crippen molar-refractivity contribution < 1.29 is 18.3 Å². The summed E-state index contributed by atoms with van der Waals surface area (Å²) >= 11 is 5.88. The molecule has 44 heavy (non-hydrogen) atoms. The number of likely N-dealkylation sites (N-methyl/N-ethyl adjacent to an activating group) is 1. The molecule has 1 aromatic heterocycles. The fraction of sp³-hybridized carbons (Fsp3) is 0.152. The van der Waals surface area contributed by atoms with Crippen LogP contribution in [0.2, 0.25) is 5.02 Å². The Hall–Kier alpha value is -4.64. The Morgan fingerprint density at radius 1 is 0.932 bits per heavy atom. The molecule has 1 aliphatic rings. The van der Waals surface area contributed by atoms with Crippen molar-refractivity contribution in [3.8, 4) is 5.88 Å². The first-order valence-corrected chi connectivity index (χ1v) is 15.9. The molecule has 0 radical (unpaired) electrons. The highest BCUT2D eigenvalue weighted by Gasteiger charge is 2.18. The number of hydrogen-bond donors (Lipinski definition) is 3. The average molecular weight is 628 g/mol. The smallest absolute Gasteiger partial charge is 0.261 e. The number of nitrogens with one attached hydrogen (secondary N) is 2. The van der Waals surface area contributed by atoms with Crippen molar-refractivity contribution in [2.45, 2.75) is 4.90 Å². The Morgan fingerprint density at radius 2 is 1.64 bits per heavy atom. The van der Waals surface area contributed by atoms with Gasteiger partial charge < -0.3 is 19.9 Å². The fourth-order valence-electron chi connectivity index (χ4n) is 5.15. The topological polar surface area (TPSA) is 118 Å². The number of aromatic amines is 1. The third-order valence-electron chi connectivity index (χ3n) is 7.64. The summed E-state index contributed by atoms with van der Waals surface area (Å²) < 4.78 is 28.1. The molecule has 0 atom stereocenters. The van der Waals surface area contributed by atoms with Crippen molar-refractivity contribution in [3.63, 3.8) is 0 Å². The third-order valence-corrected chi connectivity index (χ3v) is 9.29. The Labute approximate surface area is 260 Å². The van der Waals surface area contributed by atoms with E-state index in [0.717, 1.165) is 37.6 Å². The largest absolute Gasteiger partial charge is 0.494 e. The number of carbonyl (C=O) groups excluding carboxylic acids is 1. The molecule has 0 bridgehead atoms. The van der Waals surface area contributed by atoms with Gasteiger partial charge in [-0.2, -0.15) is 0 Å². The number of rotatable bonds is 8. The monoisotopic (exact) mass is 627 g/mol. The minimum absolute atomic E-state index is 0.0534. The lowest BCUT2D eigenvalue weighted by atomic mass is 10.0. The number of carbonyl (C=O) groups is 1. The van der Waals surface area contributed by atoms with E-state index in [1.807, 2.05) is 12.1 Å². The maximum absolute atomic E-state index is 13.4. The first-order valence-electron chi connectivity index (χ1n) is 14.0. The van der Waals surface area contributed by atoms with Gasteiger partial charge in [-0.15, -0.1) is 0 Å². The molecule has 0 spiro atoms. The number of aromatic hydroxyl groups is 1. The van der Waals surface area contributed by atoms with Crippen molar-refractivity contribution in [1.82, 2.24) is 9.88 Å². The van der Waals surface area contributed by atoms with Gasteiger partial charge in [-0.3, -0.25) is 14.5 Å². The molecule has 5 aromatic rings. The zero-order valence-corrected chi connectivity index (χ0v) is 25.4. The number of hydrogen-bond acceptors (Lipinski definition) is 7. The fourth-order valence-corrected chi connectivity index (χ4v) is 6.32. The molecule has 3 N–H and O–H groups in total. The number of benzene rings is 4. The number of halogens is 1. The van der Waals surface area contributed by atoms with E-state index in [1.54, 1.807) is 42.6 Å². The lowest BCUT2D eigenvalue weighted by Crippen LogP contribution is -2.44. The molecule has 0 amide bonds. The number of sulfonamides is 1. The molecule has 1 aliphatic heterocycles. The average Bonchev–Trinajstić information content (AvgIpc) is 3.34. The van der Waals surface area contributed by atoms with Gasteiger partial charge in [0, 0.05) is 70.8 Å². The predicted octanol–water partition coefficient (Wildman–Crippen LogP) is 6.06. The van der Waals surface area contributed by atoms with Crippen molar-refractivity contribution in [3.05, 3.63) is 113 Å². The highest BCUT2D eigenvalue weighted by atomic mass is 35.5. The molecular formula is C33H30ClN5O4S. The normalized spacial score (nSPS) is 14.4.